The highest BCUT2D eigenvalue weighted by atomic mass is 35.5. The van der Waals surface area contributed by atoms with E-state index in [4.69, 9.17) is 28.0 Å². The van der Waals surface area contributed by atoms with Crippen molar-refractivity contribution in [2.45, 2.75) is 6.54 Å². The molecule has 1 aromatic heterocycles. The van der Waals surface area contributed by atoms with Gasteiger partial charge in [0, 0.05) is 5.02 Å². The molecule has 2 aromatic rings. The van der Waals surface area contributed by atoms with Crippen LogP contribution < -0.4 is 4.84 Å². The third kappa shape index (κ3) is 3.44. The van der Waals surface area contributed by atoms with E-state index >= 15 is 0 Å². The number of aromatic nitrogens is 3. The molecule has 2 rings (SSSR count). The summed E-state index contributed by atoms with van der Waals surface area (Å²) < 4.78 is 1.61. The Morgan fingerprint density at radius 2 is 2.29 bits per heavy atom. The van der Waals surface area contributed by atoms with E-state index in [1.54, 1.807) is 35.4 Å². The van der Waals surface area contributed by atoms with Crippen molar-refractivity contribution in [3.05, 3.63) is 40.9 Å². The average Bonchev–Trinajstić information content (AvgIpc) is 2.79. The lowest BCUT2D eigenvalue weighted by Crippen LogP contribution is -1.99. The van der Waals surface area contributed by atoms with Crippen molar-refractivity contribution in [1.29, 1.82) is 0 Å². The van der Waals surface area contributed by atoms with Gasteiger partial charge in [-0.15, -0.1) is 0 Å². The van der Waals surface area contributed by atoms with Gasteiger partial charge in [0.25, 0.3) is 0 Å². The van der Waals surface area contributed by atoms with Gasteiger partial charge in [-0.2, -0.15) is 5.10 Å². The highest BCUT2D eigenvalue weighted by molar-refractivity contribution is 6.35. The molecule has 0 radical (unpaired) electrons. The number of halogens is 2. The van der Waals surface area contributed by atoms with E-state index in [1.807, 2.05) is 0 Å². The standard InChI is InChI=1S/C10H8Cl2N4O/c11-8-1-2-10(9(12)5-8)17-15-3-4-16-7-13-6-14-16/h1-3,5-7H,4H2/b15-3+. The predicted molar refractivity (Wildman–Crippen MR) is 65.6 cm³/mol. The van der Waals surface area contributed by atoms with Crippen molar-refractivity contribution in [1.82, 2.24) is 14.8 Å². The van der Waals surface area contributed by atoms with Crippen LogP contribution in [0.4, 0.5) is 0 Å². The summed E-state index contributed by atoms with van der Waals surface area (Å²) in [6.07, 6.45) is 4.59. The van der Waals surface area contributed by atoms with Crippen LogP contribution in [-0.4, -0.2) is 21.0 Å². The lowest BCUT2D eigenvalue weighted by Gasteiger charge is -2.01. The van der Waals surface area contributed by atoms with E-state index < -0.39 is 0 Å². The van der Waals surface area contributed by atoms with Crippen molar-refractivity contribution in [3.8, 4) is 5.75 Å². The summed E-state index contributed by atoms with van der Waals surface area (Å²) in [4.78, 5) is 8.90. The van der Waals surface area contributed by atoms with Crippen molar-refractivity contribution >= 4 is 29.4 Å². The molecule has 0 fully saturated rings. The highest BCUT2D eigenvalue weighted by Gasteiger charge is 2.01. The molecule has 17 heavy (non-hydrogen) atoms. The zero-order chi connectivity index (χ0) is 12.1. The Hall–Kier alpha value is -1.59. The van der Waals surface area contributed by atoms with Crippen molar-refractivity contribution < 1.29 is 4.84 Å². The fourth-order valence-corrected chi connectivity index (χ4v) is 1.53. The van der Waals surface area contributed by atoms with Gasteiger partial charge in [0.2, 0.25) is 0 Å². The fraction of sp³-hybridized carbons (Fsp3) is 0.100. The average molecular weight is 271 g/mol. The van der Waals surface area contributed by atoms with E-state index in [0.717, 1.165) is 0 Å². The molecule has 0 atom stereocenters. The van der Waals surface area contributed by atoms with Gasteiger partial charge in [-0.25, -0.2) is 9.67 Å². The molecule has 0 aliphatic rings. The van der Waals surface area contributed by atoms with Crippen LogP contribution in [0.25, 0.3) is 0 Å². The second kappa shape index (κ2) is 5.65. The number of hydrogen-bond donors (Lipinski definition) is 0. The Morgan fingerprint density at radius 3 is 3.00 bits per heavy atom. The summed E-state index contributed by atoms with van der Waals surface area (Å²) in [5.74, 6) is 0.450. The molecule has 0 aliphatic carbocycles. The topological polar surface area (TPSA) is 52.3 Å². The lowest BCUT2D eigenvalue weighted by atomic mass is 10.3. The lowest BCUT2D eigenvalue weighted by molar-refractivity contribution is 0.342. The zero-order valence-electron chi connectivity index (χ0n) is 8.62. The fourth-order valence-electron chi connectivity index (χ4n) is 1.09. The van der Waals surface area contributed by atoms with Gasteiger partial charge in [-0.1, -0.05) is 28.4 Å². The maximum absolute atomic E-state index is 5.90. The minimum atomic E-state index is 0.412. The molecule has 5 nitrogen and oxygen atoms in total. The Morgan fingerprint density at radius 1 is 1.41 bits per heavy atom. The minimum absolute atomic E-state index is 0.412. The SMILES string of the molecule is Clc1ccc(O/N=C/Cn2cncn2)c(Cl)c1. The summed E-state index contributed by atoms with van der Waals surface area (Å²) in [5, 5.41) is 8.63. The van der Waals surface area contributed by atoms with Crippen LogP contribution in [-0.2, 0) is 6.54 Å². The molecule has 0 saturated carbocycles. The Labute approximate surface area is 108 Å². The molecule has 0 aliphatic heterocycles. The van der Waals surface area contributed by atoms with Crippen LogP contribution in [0.15, 0.2) is 36.0 Å². The summed E-state index contributed by atoms with van der Waals surface area (Å²) in [5.41, 5.74) is 0. The third-order valence-electron chi connectivity index (χ3n) is 1.85. The quantitative estimate of drug-likeness (QED) is 0.634. The molecule has 0 spiro atoms. The number of nitrogens with zero attached hydrogens (tertiary/aromatic N) is 4. The van der Waals surface area contributed by atoms with Crippen LogP contribution in [0.3, 0.4) is 0 Å². The maximum Gasteiger partial charge on any atom is 0.176 e. The molecule has 88 valence electrons. The van der Waals surface area contributed by atoms with Gasteiger partial charge in [0.15, 0.2) is 5.75 Å². The van der Waals surface area contributed by atoms with Gasteiger partial charge >= 0.3 is 0 Å². The molecule has 7 heteroatoms. The van der Waals surface area contributed by atoms with Crippen molar-refractivity contribution in [2.75, 3.05) is 0 Å². The Bertz CT molecular complexity index is 513. The van der Waals surface area contributed by atoms with Gasteiger partial charge in [0.05, 0.1) is 17.8 Å². The first-order valence-electron chi connectivity index (χ1n) is 4.72. The zero-order valence-corrected chi connectivity index (χ0v) is 10.1. The molecule has 0 bridgehead atoms. The molecule has 0 saturated heterocycles. The minimum Gasteiger partial charge on any atom is -0.356 e. The molecule has 1 heterocycles. The molecule has 0 N–H and O–H groups in total. The van der Waals surface area contributed by atoms with Gasteiger partial charge in [-0.05, 0) is 18.2 Å². The second-order valence-electron chi connectivity index (χ2n) is 3.07. The first kappa shape index (κ1) is 11.9. The van der Waals surface area contributed by atoms with E-state index in [9.17, 15) is 0 Å². The molecule has 0 amide bonds. The molecule has 1 aromatic carbocycles. The number of oxime groups is 1. The molecule has 0 unspecified atom stereocenters. The highest BCUT2D eigenvalue weighted by Crippen LogP contribution is 2.27. The number of hydrogen-bond acceptors (Lipinski definition) is 4. The van der Waals surface area contributed by atoms with Gasteiger partial charge in [-0.3, -0.25) is 0 Å². The van der Waals surface area contributed by atoms with E-state index in [-0.39, 0.29) is 0 Å². The van der Waals surface area contributed by atoms with Crippen LogP contribution in [0.5, 0.6) is 5.75 Å². The first-order valence-corrected chi connectivity index (χ1v) is 5.47. The first-order chi connectivity index (χ1) is 8.25. The Balaban J connectivity index is 1.91. The van der Waals surface area contributed by atoms with Crippen LogP contribution in [0.1, 0.15) is 0 Å². The largest absolute Gasteiger partial charge is 0.356 e. The van der Waals surface area contributed by atoms with E-state index in [1.165, 1.54) is 6.33 Å². The van der Waals surface area contributed by atoms with Crippen LogP contribution >= 0.6 is 23.2 Å². The van der Waals surface area contributed by atoms with Gasteiger partial charge in [0.1, 0.15) is 12.7 Å². The molecular weight excluding hydrogens is 263 g/mol. The monoisotopic (exact) mass is 270 g/mol. The summed E-state index contributed by atoms with van der Waals surface area (Å²) in [7, 11) is 0. The normalized spacial score (nSPS) is 10.9. The number of benzene rings is 1. The van der Waals surface area contributed by atoms with E-state index in [0.29, 0.717) is 22.3 Å². The van der Waals surface area contributed by atoms with Crippen LogP contribution in [0, 0.1) is 0 Å². The second-order valence-corrected chi connectivity index (χ2v) is 3.92. The Kier molecular flexibility index (Phi) is 3.95. The van der Waals surface area contributed by atoms with E-state index in [2.05, 4.69) is 15.2 Å². The number of rotatable bonds is 4. The smallest absolute Gasteiger partial charge is 0.176 e. The molecular formula is C10H8Cl2N4O. The van der Waals surface area contributed by atoms with Crippen molar-refractivity contribution in [3.63, 3.8) is 0 Å². The third-order valence-corrected chi connectivity index (χ3v) is 2.39. The van der Waals surface area contributed by atoms with Crippen LogP contribution in [0.2, 0.25) is 10.0 Å². The van der Waals surface area contributed by atoms with Gasteiger partial charge < -0.3 is 4.84 Å². The predicted octanol–water partition coefficient (Wildman–Crippen LogP) is 2.65. The summed E-state index contributed by atoms with van der Waals surface area (Å²) in [6.45, 7) is 0.477. The van der Waals surface area contributed by atoms with Crippen molar-refractivity contribution in [2.24, 2.45) is 5.16 Å². The maximum atomic E-state index is 5.90. The summed E-state index contributed by atoms with van der Waals surface area (Å²) in [6, 6.07) is 4.92. The summed E-state index contributed by atoms with van der Waals surface area (Å²) >= 11 is 11.6.